The van der Waals surface area contributed by atoms with Crippen LogP contribution in [0.4, 0.5) is 0 Å². The summed E-state index contributed by atoms with van der Waals surface area (Å²) in [5.41, 5.74) is -1.26. The van der Waals surface area contributed by atoms with Crippen LogP contribution in [-0.2, 0) is 23.9 Å². The van der Waals surface area contributed by atoms with Crippen molar-refractivity contribution in [1.29, 1.82) is 0 Å². The van der Waals surface area contributed by atoms with Crippen LogP contribution in [0.2, 0.25) is 0 Å². The Morgan fingerprint density at radius 1 is 0.917 bits per heavy atom. The van der Waals surface area contributed by atoms with Gasteiger partial charge in [-0.3, -0.25) is 14.4 Å². The number of carboxylic acids is 1. The molecule has 0 rings (SSSR count). The topological polar surface area (TPSA) is 114 Å². The summed E-state index contributed by atoms with van der Waals surface area (Å²) in [5, 5.41) is 14.8. The standard InChI is InChI=1S/C16H30N2O6/c1-15(2,3)23-12(19)10-18-8-7-17-9-11(13(20)21)14(22)24-16(4,5)6/h11,17-18H,7-10H2,1-6H3,(H,20,21). The van der Waals surface area contributed by atoms with Gasteiger partial charge in [-0.25, -0.2) is 0 Å². The van der Waals surface area contributed by atoms with Crippen LogP contribution in [0, 0.1) is 5.92 Å². The third-order valence-corrected chi connectivity index (χ3v) is 2.51. The van der Waals surface area contributed by atoms with Gasteiger partial charge in [0.25, 0.3) is 0 Å². The van der Waals surface area contributed by atoms with E-state index < -0.39 is 29.1 Å². The fraction of sp³-hybridized carbons (Fsp3) is 0.812. The second-order valence-corrected chi connectivity index (χ2v) is 7.39. The first-order chi connectivity index (χ1) is 10.8. The Bertz CT molecular complexity index is 437. The molecule has 0 saturated heterocycles. The molecule has 140 valence electrons. The Kier molecular flexibility index (Phi) is 8.92. The minimum absolute atomic E-state index is 0.0433. The van der Waals surface area contributed by atoms with Gasteiger partial charge in [-0.1, -0.05) is 0 Å². The lowest BCUT2D eigenvalue weighted by Crippen LogP contribution is -2.41. The quantitative estimate of drug-likeness (QED) is 0.315. The molecule has 0 bridgehead atoms. The van der Waals surface area contributed by atoms with Crippen molar-refractivity contribution in [3.05, 3.63) is 0 Å². The largest absolute Gasteiger partial charge is 0.481 e. The molecular weight excluding hydrogens is 316 g/mol. The van der Waals surface area contributed by atoms with Gasteiger partial charge in [0, 0.05) is 19.6 Å². The zero-order valence-electron chi connectivity index (χ0n) is 15.4. The van der Waals surface area contributed by atoms with E-state index in [-0.39, 0.29) is 19.1 Å². The second kappa shape index (κ2) is 9.58. The van der Waals surface area contributed by atoms with E-state index in [9.17, 15) is 14.4 Å². The average Bonchev–Trinajstić information content (AvgIpc) is 2.32. The van der Waals surface area contributed by atoms with Crippen LogP contribution in [0.5, 0.6) is 0 Å². The maximum absolute atomic E-state index is 11.8. The van der Waals surface area contributed by atoms with Crippen LogP contribution in [0.15, 0.2) is 0 Å². The number of carboxylic acid groups (broad SMARTS) is 1. The SMILES string of the molecule is CC(C)(C)OC(=O)CNCCNCC(C(=O)O)C(=O)OC(C)(C)C. The third kappa shape index (κ3) is 11.8. The van der Waals surface area contributed by atoms with Gasteiger partial charge in [0.15, 0.2) is 5.92 Å². The van der Waals surface area contributed by atoms with Crippen LogP contribution in [0.25, 0.3) is 0 Å². The first kappa shape index (κ1) is 22.3. The summed E-state index contributed by atoms with van der Waals surface area (Å²) >= 11 is 0. The highest BCUT2D eigenvalue weighted by atomic mass is 16.6. The highest BCUT2D eigenvalue weighted by Gasteiger charge is 2.30. The third-order valence-electron chi connectivity index (χ3n) is 2.51. The second-order valence-electron chi connectivity index (χ2n) is 7.39. The van der Waals surface area contributed by atoms with Crippen LogP contribution >= 0.6 is 0 Å². The van der Waals surface area contributed by atoms with E-state index in [1.54, 1.807) is 41.5 Å². The van der Waals surface area contributed by atoms with Crippen molar-refractivity contribution in [3.63, 3.8) is 0 Å². The normalized spacial score (nSPS) is 13.2. The maximum atomic E-state index is 11.8. The number of nitrogens with one attached hydrogen (secondary N) is 2. The smallest absolute Gasteiger partial charge is 0.322 e. The van der Waals surface area contributed by atoms with Crippen molar-refractivity contribution in [2.45, 2.75) is 52.7 Å². The minimum atomic E-state index is -1.27. The van der Waals surface area contributed by atoms with Gasteiger partial charge < -0.3 is 25.2 Å². The molecule has 0 aliphatic rings. The Labute approximate surface area is 143 Å². The minimum Gasteiger partial charge on any atom is -0.481 e. The van der Waals surface area contributed by atoms with Gasteiger partial charge in [-0.05, 0) is 41.5 Å². The summed E-state index contributed by atoms with van der Waals surface area (Å²) in [6.45, 7) is 11.2. The molecule has 3 N–H and O–H groups in total. The highest BCUT2D eigenvalue weighted by molar-refractivity contribution is 5.94. The first-order valence-corrected chi connectivity index (χ1v) is 7.91. The number of hydrogen-bond donors (Lipinski definition) is 3. The summed E-state index contributed by atoms with van der Waals surface area (Å²) in [6.07, 6.45) is 0. The molecule has 1 unspecified atom stereocenters. The molecule has 0 amide bonds. The molecule has 0 aliphatic carbocycles. The number of hydrogen-bond acceptors (Lipinski definition) is 7. The van der Waals surface area contributed by atoms with Crippen molar-refractivity contribution in [3.8, 4) is 0 Å². The molecule has 0 aromatic rings. The van der Waals surface area contributed by atoms with Gasteiger partial charge in [0.1, 0.15) is 11.2 Å². The number of carbonyl (C=O) groups excluding carboxylic acids is 2. The zero-order valence-corrected chi connectivity index (χ0v) is 15.4. The monoisotopic (exact) mass is 346 g/mol. The van der Waals surface area contributed by atoms with Gasteiger partial charge in [-0.2, -0.15) is 0 Å². The van der Waals surface area contributed by atoms with E-state index in [2.05, 4.69) is 10.6 Å². The van der Waals surface area contributed by atoms with E-state index in [1.165, 1.54) is 0 Å². The van der Waals surface area contributed by atoms with Crippen molar-refractivity contribution in [2.75, 3.05) is 26.2 Å². The Morgan fingerprint density at radius 3 is 1.88 bits per heavy atom. The lowest BCUT2D eigenvalue weighted by atomic mass is 10.1. The molecule has 0 aromatic heterocycles. The Morgan fingerprint density at radius 2 is 1.42 bits per heavy atom. The van der Waals surface area contributed by atoms with Crippen LogP contribution in [0.3, 0.4) is 0 Å². The fourth-order valence-electron chi connectivity index (χ4n) is 1.64. The molecule has 0 heterocycles. The lowest BCUT2D eigenvalue weighted by Gasteiger charge is -2.22. The van der Waals surface area contributed by atoms with E-state index >= 15 is 0 Å². The zero-order chi connectivity index (χ0) is 19.0. The van der Waals surface area contributed by atoms with Gasteiger partial charge in [0.05, 0.1) is 6.54 Å². The molecule has 8 heteroatoms. The Balaban J connectivity index is 4.04. The molecule has 0 fully saturated rings. The molecule has 0 aromatic carbocycles. The number of esters is 2. The number of rotatable bonds is 9. The van der Waals surface area contributed by atoms with Crippen molar-refractivity contribution in [1.82, 2.24) is 10.6 Å². The molecule has 24 heavy (non-hydrogen) atoms. The lowest BCUT2D eigenvalue weighted by molar-refractivity contribution is -0.166. The summed E-state index contributed by atoms with van der Waals surface area (Å²) in [5.74, 6) is -3.64. The fourth-order valence-corrected chi connectivity index (χ4v) is 1.64. The van der Waals surface area contributed by atoms with Crippen LogP contribution in [0.1, 0.15) is 41.5 Å². The van der Waals surface area contributed by atoms with Crippen molar-refractivity contribution >= 4 is 17.9 Å². The molecule has 0 spiro atoms. The van der Waals surface area contributed by atoms with Gasteiger partial charge in [0.2, 0.25) is 0 Å². The number of carbonyl (C=O) groups is 3. The first-order valence-electron chi connectivity index (χ1n) is 7.91. The molecule has 0 aliphatic heterocycles. The molecule has 1 atom stereocenters. The number of aliphatic carboxylic acids is 1. The summed E-state index contributed by atoms with van der Waals surface area (Å²) in [6, 6.07) is 0. The summed E-state index contributed by atoms with van der Waals surface area (Å²) in [7, 11) is 0. The van der Waals surface area contributed by atoms with E-state index in [1.807, 2.05) is 0 Å². The van der Waals surface area contributed by atoms with Gasteiger partial charge in [-0.15, -0.1) is 0 Å². The average molecular weight is 346 g/mol. The van der Waals surface area contributed by atoms with Crippen LogP contribution < -0.4 is 10.6 Å². The predicted molar refractivity (Wildman–Crippen MR) is 88.6 cm³/mol. The Hall–Kier alpha value is -1.67. The summed E-state index contributed by atoms with van der Waals surface area (Å²) < 4.78 is 10.2. The molecule has 0 radical (unpaired) electrons. The highest BCUT2D eigenvalue weighted by Crippen LogP contribution is 2.11. The van der Waals surface area contributed by atoms with Crippen molar-refractivity contribution < 1.29 is 29.0 Å². The number of ether oxygens (including phenoxy) is 2. The van der Waals surface area contributed by atoms with E-state index in [0.717, 1.165) is 0 Å². The molecular formula is C16H30N2O6. The van der Waals surface area contributed by atoms with Crippen molar-refractivity contribution in [2.24, 2.45) is 5.92 Å². The molecule has 0 saturated carbocycles. The summed E-state index contributed by atoms with van der Waals surface area (Å²) in [4.78, 5) is 34.4. The molecule has 8 nitrogen and oxygen atoms in total. The van der Waals surface area contributed by atoms with E-state index in [4.69, 9.17) is 14.6 Å². The maximum Gasteiger partial charge on any atom is 0.322 e. The van der Waals surface area contributed by atoms with E-state index in [0.29, 0.717) is 13.1 Å². The van der Waals surface area contributed by atoms with Gasteiger partial charge >= 0.3 is 17.9 Å². The predicted octanol–water partition coefficient (Wildman–Crippen LogP) is 0.550. The van der Waals surface area contributed by atoms with Crippen LogP contribution in [-0.4, -0.2) is 60.4 Å².